The van der Waals surface area contributed by atoms with E-state index >= 15 is 0 Å². The number of nitrogens with zero attached hydrogens (tertiary/aromatic N) is 2. The van der Waals surface area contributed by atoms with Crippen molar-refractivity contribution in [2.45, 2.75) is 6.92 Å². The molecule has 18 heavy (non-hydrogen) atoms. The van der Waals surface area contributed by atoms with E-state index in [0.717, 1.165) is 17.1 Å². The van der Waals surface area contributed by atoms with Crippen LogP contribution in [0.3, 0.4) is 0 Å². The molecule has 1 aromatic carbocycles. The van der Waals surface area contributed by atoms with E-state index in [9.17, 15) is 4.79 Å². The van der Waals surface area contributed by atoms with Crippen LogP contribution in [0.2, 0.25) is 0 Å². The molecule has 0 spiro atoms. The van der Waals surface area contributed by atoms with Crippen LogP contribution in [0, 0.1) is 6.92 Å². The summed E-state index contributed by atoms with van der Waals surface area (Å²) in [5.74, 6) is 0.341. The molecule has 0 atom stereocenters. The van der Waals surface area contributed by atoms with Crippen molar-refractivity contribution < 1.29 is 14.3 Å². The van der Waals surface area contributed by atoms with Crippen molar-refractivity contribution in [3.63, 3.8) is 0 Å². The summed E-state index contributed by atoms with van der Waals surface area (Å²) in [5.41, 5.74) is 1.94. The highest BCUT2D eigenvalue weighted by atomic mass is 16.5. The van der Waals surface area contributed by atoms with Gasteiger partial charge < -0.3 is 9.47 Å². The molecule has 2 rings (SSSR count). The molecule has 94 valence electrons. The van der Waals surface area contributed by atoms with E-state index in [0.29, 0.717) is 5.69 Å². The first-order valence-electron chi connectivity index (χ1n) is 5.45. The lowest BCUT2D eigenvalue weighted by Crippen LogP contribution is -2.10. The van der Waals surface area contributed by atoms with Crippen LogP contribution in [0.1, 0.15) is 16.2 Å². The third-order valence-corrected chi connectivity index (χ3v) is 2.54. The molecule has 0 fully saturated rings. The van der Waals surface area contributed by atoms with Crippen LogP contribution in [0.5, 0.6) is 5.75 Å². The fourth-order valence-corrected chi connectivity index (χ4v) is 1.67. The van der Waals surface area contributed by atoms with Crippen molar-refractivity contribution in [2.24, 2.45) is 0 Å². The maximum Gasteiger partial charge on any atom is 0.356 e. The SMILES string of the molecule is COC(=O)c1cc(C)nn1-c1ccc(OC)cc1. The van der Waals surface area contributed by atoms with E-state index in [1.54, 1.807) is 17.9 Å². The van der Waals surface area contributed by atoms with Crippen molar-refractivity contribution in [3.8, 4) is 11.4 Å². The van der Waals surface area contributed by atoms with Gasteiger partial charge in [0.15, 0.2) is 5.69 Å². The molecular weight excluding hydrogens is 232 g/mol. The Morgan fingerprint density at radius 2 is 1.89 bits per heavy atom. The molecule has 0 saturated carbocycles. The zero-order valence-corrected chi connectivity index (χ0v) is 10.5. The predicted molar refractivity (Wildman–Crippen MR) is 66.2 cm³/mol. The Balaban J connectivity index is 2.45. The Morgan fingerprint density at radius 3 is 2.44 bits per heavy atom. The van der Waals surface area contributed by atoms with Crippen LogP contribution in [0.15, 0.2) is 30.3 Å². The first-order valence-corrected chi connectivity index (χ1v) is 5.45. The lowest BCUT2D eigenvalue weighted by molar-refractivity contribution is 0.0590. The molecule has 5 heteroatoms. The zero-order valence-electron chi connectivity index (χ0n) is 10.5. The van der Waals surface area contributed by atoms with Gasteiger partial charge in [-0.25, -0.2) is 9.48 Å². The first-order chi connectivity index (χ1) is 8.65. The number of benzene rings is 1. The Bertz CT molecular complexity index is 558. The fraction of sp³-hybridized carbons (Fsp3) is 0.231. The van der Waals surface area contributed by atoms with E-state index in [2.05, 4.69) is 5.10 Å². The number of carbonyl (C=O) groups is 1. The molecule has 0 bridgehead atoms. The third kappa shape index (κ3) is 2.20. The van der Waals surface area contributed by atoms with Gasteiger partial charge in [-0.05, 0) is 37.3 Å². The molecule has 1 aromatic heterocycles. The van der Waals surface area contributed by atoms with Crippen molar-refractivity contribution in [3.05, 3.63) is 41.7 Å². The molecule has 2 aromatic rings. The van der Waals surface area contributed by atoms with E-state index in [4.69, 9.17) is 9.47 Å². The number of hydrogen-bond donors (Lipinski definition) is 0. The standard InChI is InChI=1S/C13H14N2O3/c1-9-8-12(13(16)18-3)15(14-9)10-4-6-11(17-2)7-5-10/h4-8H,1-3H3. The molecule has 0 N–H and O–H groups in total. The number of hydrogen-bond acceptors (Lipinski definition) is 4. The highest BCUT2D eigenvalue weighted by molar-refractivity contribution is 5.88. The number of methoxy groups -OCH3 is 2. The van der Waals surface area contributed by atoms with Crippen molar-refractivity contribution in [2.75, 3.05) is 14.2 Å². The minimum absolute atomic E-state index is 0.403. The summed E-state index contributed by atoms with van der Waals surface area (Å²) < 4.78 is 11.4. The molecule has 0 unspecified atom stereocenters. The Morgan fingerprint density at radius 1 is 1.22 bits per heavy atom. The number of esters is 1. The van der Waals surface area contributed by atoms with Crippen LogP contribution in [0.4, 0.5) is 0 Å². The molecule has 0 amide bonds. The molecular formula is C13H14N2O3. The molecule has 0 aliphatic carbocycles. The van der Waals surface area contributed by atoms with Crippen LogP contribution >= 0.6 is 0 Å². The maximum atomic E-state index is 11.6. The minimum atomic E-state index is -0.411. The number of rotatable bonds is 3. The number of aromatic nitrogens is 2. The Hall–Kier alpha value is -2.30. The minimum Gasteiger partial charge on any atom is -0.497 e. The first kappa shape index (κ1) is 12.2. The van der Waals surface area contributed by atoms with Gasteiger partial charge in [0.2, 0.25) is 0 Å². The number of ether oxygens (including phenoxy) is 2. The van der Waals surface area contributed by atoms with Crippen LogP contribution in [0.25, 0.3) is 5.69 Å². The Labute approximate surface area is 105 Å². The zero-order chi connectivity index (χ0) is 13.1. The number of aryl methyl sites for hydroxylation is 1. The summed E-state index contributed by atoms with van der Waals surface area (Å²) in [4.78, 5) is 11.6. The van der Waals surface area contributed by atoms with Gasteiger partial charge in [-0.15, -0.1) is 0 Å². The van der Waals surface area contributed by atoms with Gasteiger partial charge in [-0.2, -0.15) is 5.10 Å². The van der Waals surface area contributed by atoms with Gasteiger partial charge in [0.05, 0.1) is 25.6 Å². The van der Waals surface area contributed by atoms with E-state index < -0.39 is 5.97 Å². The van der Waals surface area contributed by atoms with Crippen molar-refractivity contribution in [1.82, 2.24) is 9.78 Å². The van der Waals surface area contributed by atoms with Crippen LogP contribution in [-0.4, -0.2) is 30.0 Å². The van der Waals surface area contributed by atoms with Gasteiger partial charge in [-0.3, -0.25) is 0 Å². The second-order valence-electron chi connectivity index (χ2n) is 3.77. The third-order valence-electron chi connectivity index (χ3n) is 2.54. The summed E-state index contributed by atoms with van der Waals surface area (Å²) in [6.45, 7) is 1.83. The lowest BCUT2D eigenvalue weighted by atomic mass is 10.3. The normalized spacial score (nSPS) is 10.2. The number of carbonyl (C=O) groups excluding carboxylic acids is 1. The highest BCUT2D eigenvalue weighted by Gasteiger charge is 2.15. The van der Waals surface area contributed by atoms with E-state index in [-0.39, 0.29) is 0 Å². The molecule has 0 saturated heterocycles. The van der Waals surface area contributed by atoms with E-state index in [1.165, 1.54) is 7.11 Å². The van der Waals surface area contributed by atoms with Crippen LogP contribution < -0.4 is 4.74 Å². The summed E-state index contributed by atoms with van der Waals surface area (Å²) in [7, 11) is 2.95. The summed E-state index contributed by atoms with van der Waals surface area (Å²) in [6.07, 6.45) is 0. The second kappa shape index (κ2) is 4.91. The monoisotopic (exact) mass is 246 g/mol. The second-order valence-corrected chi connectivity index (χ2v) is 3.77. The van der Waals surface area contributed by atoms with Crippen molar-refractivity contribution >= 4 is 5.97 Å². The van der Waals surface area contributed by atoms with Crippen molar-refractivity contribution in [1.29, 1.82) is 0 Å². The molecule has 0 aliphatic rings. The van der Waals surface area contributed by atoms with Gasteiger partial charge in [0, 0.05) is 0 Å². The molecule has 0 aliphatic heterocycles. The van der Waals surface area contributed by atoms with Gasteiger partial charge in [0.1, 0.15) is 5.75 Å². The Kier molecular flexibility index (Phi) is 3.32. The molecule has 1 heterocycles. The van der Waals surface area contributed by atoms with Crippen LogP contribution in [-0.2, 0) is 4.74 Å². The van der Waals surface area contributed by atoms with Gasteiger partial charge >= 0.3 is 5.97 Å². The predicted octanol–water partition coefficient (Wildman–Crippen LogP) is 1.98. The summed E-state index contributed by atoms with van der Waals surface area (Å²) in [5, 5.41) is 4.28. The fourth-order valence-electron chi connectivity index (χ4n) is 1.67. The largest absolute Gasteiger partial charge is 0.497 e. The van der Waals surface area contributed by atoms with E-state index in [1.807, 2.05) is 31.2 Å². The lowest BCUT2D eigenvalue weighted by Gasteiger charge is -2.06. The topological polar surface area (TPSA) is 53.3 Å². The average molecular weight is 246 g/mol. The molecule has 5 nitrogen and oxygen atoms in total. The smallest absolute Gasteiger partial charge is 0.356 e. The summed E-state index contributed by atoms with van der Waals surface area (Å²) >= 11 is 0. The molecule has 0 radical (unpaired) electrons. The quantitative estimate of drug-likeness (QED) is 0.777. The maximum absolute atomic E-state index is 11.6. The highest BCUT2D eigenvalue weighted by Crippen LogP contribution is 2.17. The van der Waals surface area contributed by atoms with Gasteiger partial charge in [0.25, 0.3) is 0 Å². The van der Waals surface area contributed by atoms with Gasteiger partial charge in [-0.1, -0.05) is 0 Å². The average Bonchev–Trinajstić information content (AvgIpc) is 2.80. The summed E-state index contributed by atoms with van der Waals surface area (Å²) in [6, 6.07) is 8.98.